The van der Waals surface area contributed by atoms with Gasteiger partial charge in [-0.3, -0.25) is 4.79 Å². The highest BCUT2D eigenvalue weighted by molar-refractivity contribution is 5.91. The number of halogens is 3. The number of carbonyl (C=O) groups excluding carboxylic acids is 2. The molecule has 2 aromatic carbocycles. The normalized spacial score (nSPS) is 10.2. The second-order valence-corrected chi connectivity index (χ2v) is 4.57. The lowest BCUT2D eigenvalue weighted by atomic mass is 10.2. The molecule has 0 aliphatic rings. The van der Waals surface area contributed by atoms with E-state index in [9.17, 15) is 22.8 Å². The molecule has 4 nitrogen and oxygen atoms in total. The number of rotatable bonds is 5. The van der Waals surface area contributed by atoms with E-state index in [-0.39, 0.29) is 17.7 Å². The molecule has 0 atom stereocenters. The molecule has 0 aromatic heterocycles. The van der Waals surface area contributed by atoms with Crippen molar-refractivity contribution in [1.29, 1.82) is 0 Å². The molecule has 2 aromatic rings. The van der Waals surface area contributed by atoms with E-state index in [0.717, 1.165) is 12.1 Å². The fourth-order valence-corrected chi connectivity index (χ4v) is 1.75. The average Bonchev–Trinajstić information content (AvgIpc) is 2.52. The van der Waals surface area contributed by atoms with Crippen molar-refractivity contribution in [2.24, 2.45) is 0 Å². The maximum absolute atomic E-state index is 13.4. The second-order valence-electron chi connectivity index (χ2n) is 4.57. The highest BCUT2D eigenvalue weighted by atomic mass is 19.1. The summed E-state index contributed by atoms with van der Waals surface area (Å²) in [6, 6.07) is 8.13. The van der Waals surface area contributed by atoms with Gasteiger partial charge in [-0.2, -0.15) is 0 Å². The van der Waals surface area contributed by atoms with E-state index in [1.54, 1.807) is 0 Å². The molecule has 1 N–H and O–H groups in total. The Labute approximate surface area is 129 Å². The zero-order valence-corrected chi connectivity index (χ0v) is 11.8. The molecule has 0 aliphatic heterocycles. The first-order valence-electron chi connectivity index (χ1n) is 6.59. The van der Waals surface area contributed by atoms with Gasteiger partial charge in [-0.1, -0.05) is 18.2 Å². The molecule has 120 valence electrons. The highest BCUT2D eigenvalue weighted by Crippen LogP contribution is 2.09. The van der Waals surface area contributed by atoms with Gasteiger partial charge in [0, 0.05) is 18.2 Å². The molecule has 0 bridgehead atoms. The van der Waals surface area contributed by atoms with Gasteiger partial charge in [0.15, 0.2) is 6.61 Å². The van der Waals surface area contributed by atoms with Crippen molar-refractivity contribution in [1.82, 2.24) is 5.32 Å². The SMILES string of the molecule is O=C(COC(=O)c1ccccc1F)NCc1ccc(F)cc1F. The number of benzene rings is 2. The Bertz CT molecular complexity index is 734. The Morgan fingerprint density at radius 3 is 2.43 bits per heavy atom. The first kappa shape index (κ1) is 16.5. The van der Waals surface area contributed by atoms with Crippen LogP contribution in [0.15, 0.2) is 42.5 Å². The molecule has 0 fully saturated rings. The molecule has 0 saturated heterocycles. The van der Waals surface area contributed by atoms with Crippen LogP contribution in [0.25, 0.3) is 0 Å². The maximum atomic E-state index is 13.4. The third-order valence-electron chi connectivity index (χ3n) is 2.92. The molecular weight excluding hydrogens is 311 g/mol. The summed E-state index contributed by atoms with van der Waals surface area (Å²) in [6.45, 7) is -0.835. The minimum Gasteiger partial charge on any atom is -0.452 e. The van der Waals surface area contributed by atoms with E-state index in [1.807, 2.05) is 0 Å². The number of amides is 1. The van der Waals surface area contributed by atoms with Gasteiger partial charge in [0.1, 0.15) is 17.5 Å². The van der Waals surface area contributed by atoms with Gasteiger partial charge in [0.25, 0.3) is 5.91 Å². The third kappa shape index (κ3) is 4.57. The van der Waals surface area contributed by atoms with Gasteiger partial charge in [-0.15, -0.1) is 0 Å². The summed E-state index contributed by atoms with van der Waals surface area (Å²) in [5.74, 6) is -3.96. The van der Waals surface area contributed by atoms with Crippen LogP contribution in [0, 0.1) is 17.5 Å². The molecule has 0 saturated carbocycles. The number of carbonyl (C=O) groups is 2. The average molecular weight is 323 g/mol. The number of hydrogen-bond acceptors (Lipinski definition) is 3. The molecule has 1 amide bonds. The van der Waals surface area contributed by atoms with Crippen LogP contribution in [0.5, 0.6) is 0 Å². The topological polar surface area (TPSA) is 55.4 Å². The quantitative estimate of drug-likeness (QED) is 0.861. The monoisotopic (exact) mass is 323 g/mol. The Kier molecular flexibility index (Phi) is 5.35. The molecule has 0 aliphatic carbocycles. The van der Waals surface area contributed by atoms with E-state index in [0.29, 0.717) is 6.07 Å². The lowest BCUT2D eigenvalue weighted by Crippen LogP contribution is -2.28. The summed E-state index contributed by atoms with van der Waals surface area (Å²) in [7, 11) is 0. The third-order valence-corrected chi connectivity index (χ3v) is 2.92. The fraction of sp³-hybridized carbons (Fsp3) is 0.125. The Morgan fingerprint density at radius 1 is 1.00 bits per heavy atom. The minimum atomic E-state index is -0.980. The summed E-state index contributed by atoms with van der Waals surface area (Å²) >= 11 is 0. The Morgan fingerprint density at radius 2 is 1.74 bits per heavy atom. The van der Waals surface area contributed by atoms with Gasteiger partial charge in [-0.25, -0.2) is 18.0 Å². The van der Waals surface area contributed by atoms with Crippen LogP contribution in [-0.4, -0.2) is 18.5 Å². The van der Waals surface area contributed by atoms with Gasteiger partial charge >= 0.3 is 5.97 Å². The van der Waals surface area contributed by atoms with Gasteiger partial charge in [0.05, 0.1) is 5.56 Å². The van der Waals surface area contributed by atoms with Crippen LogP contribution in [0.1, 0.15) is 15.9 Å². The molecular formula is C16H12F3NO3. The van der Waals surface area contributed by atoms with Crippen molar-refractivity contribution >= 4 is 11.9 Å². The maximum Gasteiger partial charge on any atom is 0.341 e. The van der Waals surface area contributed by atoms with Crippen LogP contribution in [-0.2, 0) is 16.1 Å². The summed E-state index contributed by atoms with van der Waals surface area (Å²) in [5, 5.41) is 2.31. The van der Waals surface area contributed by atoms with Gasteiger partial charge < -0.3 is 10.1 Å². The zero-order chi connectivity index (χ0) is 16.8. The van der Waals surface area contributed by atoms with E-state index < -0.39 is 35.9 Å². The van der Waals surface area contributed by atoms with Crippen LogP contribution >= 0.6 is 0 Å². The summed E-state index contributed by atoms with van der Waals surface area (Å²) < 4.78 is 44.1. The van der Waals surface area contributed by atoms with E-state index in [4.69, 9.17) is 0 Å². The fourth-order valence-electron chi connectivity index (χ4n) is 1.75. The minimum absolute atomic E-state index is 0.0835. The van der Waals surface area contributed by atoms with Gasteiger partial charge in [0.2, 0.25) is 0 Å². The van der Waals surface area contributed by atoms with Crippen LogP contribution in [0.2, 0.25) is 0 Å². The van der Waals surface area contributed by atoms with E-state index >= 15 is 0 Å². The van der Waals surface area contributed by atoms with Crippen molar-refractivity contribution in [2.75, 3.05) is 6.61 Å². The first-order valence-corrected chi connectivity index (χ1v) is 6.59. The van der Waals surface area contributed by atoms with Crippen molar-refractivity contribution in [3.8, 4) is 0 Å². The molecule has 0 unspecified atom stereocenters. The first-order chi connectivity index (χ1) is 11.0. The molecule has 0 spiro atoms. The lowest BCUT2D eigenvalue weighted by molar-refractivity contribution is -0.124. The predicted molar refractivity (Wildman–Crippen MR) is 74.9 cm³/mol. The molecule has 2 rings (SSSR count). The molecule has 0 heterocycles. The number of nitrogens with one attached hydrogen (secondary N) is 1. The van der Waals surface area contributed by atoms with E-state index in [2.05, 4.69) is 10.1 Å². The van der Waals surface area contributed by atoms with Crippen molar-refractivity contribution in [2.45, 2.75) is 6.54 Å². The smallest absolute Gasteiger partial charge is 0.341 e. The van der Waals surface area contributed by atoms with Crippen LogP contribution in [0.4, 0.5) is 13.2 Å². The number of esters is 1. The Balaban J connectivity index is 1.83. The number of hydrogen-bond donors (Lipinski definition) is 1. The molecule has 7 heteroatoms. The van der Waals surface area contributed by atoms with E-state index in [1.165, 1.54) is 24.3 Å². The molecule has 0 radical (unpaired) electrons. The zero-order valence-electron chi connectivity index (χ0n) is 11.8. The lowest BCUT2D eigenvalue weighted by Gasteiger charge is -2.08. The Hall–Kier alpha value is -2.83. The van der Waals surface area contributed by atoms with Crippen molar-refractivity contribution < 1.29 is 27.5 Å². The highest BCUT2D eigenvalue weighted by Gasteiger charge is 2.14. The van der Waals surface area contributed by atoms with Gasteiger partial charge in [-0.05, 0) is 18.2 Å². The van der Waals surface area contributed by atoms with Crippen LogP contribution in [0.3, 0.4) is 0 Å². The van der Waals surface area contributed by atoms with Crippen LogP contribution < -0.4 is 5.32 Å². The summed E-state index contributed by atoms with van der Waals surface area (Å²) in [6.07, 6.45) is 0. The number of ether oxygens (including phenoxy) is 1. The van der Waals surface area contributed by atoms with Crippen molar-refractivity contribution in [3.63, 3.8) is 0 Å². The standard InChI is InChI=1S/C16H12F3NO3/c17-11-6-5-10(14(19)7-11)8-20-15(21)9-23-16(22)12-3-1-2-4-13(12)18/h1-7H,8-9H2,(H,20,21). The molecule has 23 heavy (non-hydrogen) atoms. The van der Waals surface area contributed by atoms with Crippen molar-refractivity contribution in [3.05, 3.63) is 71.0 Å². The predicted octanol–water partition coefficient (Wildman–Crippen LogP) is 2.58. The largest absolute Gasteiger partial charge is 0.452 e. The summed E-state index contributed by atoms with van der Waals surface area (Å²) in [5.41, 5.74) is -0.204. The second kappa shape index (κ2) is 7.44. The summed E-state index contributed by atoms with van der Waals surface area (Å²) in [4.78, 5) is 23.1.